The van der Waals surface area contributed by atoms with Crippen LogP contribution in [0.25, 0.3) is 5.82 Å². The van der Waals surface area contributed by atoms with E-state index in [0.717, 1.165) is 0 Å². The molecule has 0 amide bonds. The van der Waals surface area contributed by atoms with Crippen molar-refractivity contribution >= 4 is 27.9 Å². The van der Waals surface area contributed by atoms with E-state index in [0.29, 0.717) is 4.47 Å². The van der Waals surface area contributed by atoms with Gasteiger partial charge in [-0.25, -0.2) is 14.5 Å². The molecule has 2 heterocycles. The quantitative estimate of drug-likeness (QED) is 0.404. The van der Waals surface area contributed by atoms with Crippen molar-refractivity contribution in [3.8, 4) is 5.82 Å². The zero-order chi connectivity index (χ0) is 19.8. The van der Waals surface area contributed by atoms with E-state index >= 15 is 0 Å². The Labute approximate surface area is 162 Å². The van der Waals surface area contributed by atoms with Crippen LogP contribution in [0.1, 0.15) is 26.5 Å². The van der Waals surface area contributed by atoms with Gasteiger partial charge >= 0.3 is 17.6 Å². The van der Waals surface area contributed by atoms with Gasteiger partial charge in [-0.1, -0.05) is 0 Å². The molecular weight excluding hydrogens is 426 g/mol. The van der Waals surface area contributed by atoms with Crippen LogP contribution in [0, 0.1) is 0 Å². The molecule has 11 nitrogen and oxygen atoms in total. The van der Waals surface area contributed by atoms with E-state index < -0.39 is 23.9 Å². The van der Waals surface area contributed by atoms with Gasteiger partial charge in [-0.15, -0.1) is 0 Å². The molecule has 1 atom stereocenters. The zero-order valence-electron chi connectivity index (χ0n) is 14.7. The molecule has 0 fully saturated rings. The van der Waals surface area contributed by atoms with E-state index in [9.17, 15) is 14.4 Å². The lowest BCUT2D eigenvalue weighted by Gasteiger charge is -2.20. The Morgan fingerprint density at radius 2 is 1.89 bits per heavy atom. The highest BCUT2D eigenvalue weighted by molar-refractivity contribution is 9.10. The number of rotatable bonds is 9. The molecule has 2 rings (SSSR count). The fourth-order valence-electron chi connectivity index (χ4n) is 2.10. The number of carbonyl (C=O) groups excluding carboxylic acids is 2. The van der Waals surface area contributed by atoms with Crippen LogP contribution in [0.4, 0.5) is 0 Å². The van der Waals surface area contributed by atoms with Gasteiger partial charge in [-0.05, 0) is 15.9 Å². The number of halogens is 1. The minimum absolute atomic E-state index is 0.0276. The van der Waals surface area contributed by atoms with Crippen LogP contribution in [0.15, 0.2) is 28.1 Å². The van der Waals surface area contributed by atoms with Crippen LogP contribution in [-0.4, -0.2) is 56.1 Å². The molecule has 0 unspecified atom stereocenters. The Morgan fingerprint density at radius 3 is 2.52 bits per heavy atom. The largest absolute Gasteiger partial charge is 0.466 e. The monoisotopic (exact) mass is 443 g/mol. The van der Waals surface area contributed by atoms with E-state index in [4.69, 9.17) is 14.2 Å². The molecule has 0 aliphatic carbocycles. The molecule has 2 aromatic rings. The Morgan fingerprint density at radius 1 is 1.19 bits per heavy atom. The highest BCUT2D eigenvalue weighted by Crippen LogP contribution is 2.19. The van der Waals surface area contributed by atoms with Gasteiger partial charge in [0.05, 0.1) is 17.7 Å². The molecule has 27 heavy (non-hydrogen) atoms. The SMILES string of the molecule is CC(=O)OCCO[C@H](CCOC(C)=O)n1cc(Br)c(-n2cncn2)nc1=O. The molecule has 0 aliphatic rings. The van der Waals surface area contributed by atoms with E-state index in [2.05, 4.69) is 31.0 Å². The van der Waals surface area contributed by atoms with Crippen LogP contribution in [0.3, 0.4) is 0 Å². The number of hydrogen-bond donors (Lipinski definition) is 0. The van der Waals surface area contributed by atoms with Gasteiger partial charge in [0.25, 0.3) is 0 Å². The van der Waals surface area contributed by atoms with Gasteiger partial charge in [-0.3, -0.25) is 14.2 Å². The molecule has 0 bridgehead atoms. The maximum absolute atomic E-state index is 12.5. The van der Waals surface area contributed by atoms with Crippen LogP contribution in [0.5, 0.6) is 0 Å². The van der Waals surface area contributed by atoms with Gasteiger partial charge in [0.2, 0.25) is 0 Å². The average Bonchev–Trinajstić information content (AvgIpc) is 3.12. The molecule has 0 saturated carbocycles. The molecule has 0 aliphatic heterocycles. The third-order valence-electron chi connectivity index (χ3n) is 3.20. The molecule has 146 valence electrons. The predicted molar refractivity (Wildman–Crippen MR) is 94.0 cm³/mol. The Bertz CT molecular complexity index is 838. The van der Waals surface area contributed by atoms with Gasteiger partial charge in [0.15, 0.2) is 5.82 Å². The van der Waals surface area contributed by atoms with Gasteiger partial charge in [0, 0.05) is 26.5 Å². The van der Waals surface area contributed by atoms with E-state index in [1.54, 1.807) is 0 Å². The highest BCUT2D eigenvalue weighted by atomic mass is 79.9. The first-order valence-electron chi connectivity index (χ1n) is 7.90. The summed E-state index contributed by atoms with van der Waals surface area (Å²) in [5.41, 5.74) is -0.594. The standard InChI is InChI=1S/C15H18BrN5O6/c1-10(22)25-4-3-13(27-6-5-26-11(2)23)20-7-12(16)14(19-15(20)24)21-9-17-8-18-21/h7-9,13H,3-6H2,1-2H3/t13-/m1/s1. The first-order valence-corrected chi connectivity index (χ1v) is 8.69. The van der Waals surface area contributed by atoms with Crippen molar-refractivity contribution in [2.24, 2.45) is 0 Å². The van der Waals surface area contributed by atoms with Crippen molar-refractivity contribution in [1.82, 2.24) is 24.3 Å². The fraction of sp³-hybridized carbons (Fsp3) is 0.467. The predicted octanol–water partition coefficient (Wildman–Crippen LogP) is 0.618. The lowest BCUT2D eigenvalue weighted by Crippen LogP contribution is -2.31. The van der Waals surface area contributed by atoms with Crippen molar-refractivity contribution in [2.45, 2.75) is 26.5 Å². The Kier molecular flexibility index (Phi) is 7.61. The normalized spacial score (nSPS) is 11.8. The fourth-order valence-corrected chi connectivity index (χ4v) is 2.59. The van der Waals surface area contributed by atoms with Crippen molar-refractivity contribution in [1.29, 1.82) is 0 Å². The highest BCUT2D eigenvalue weighted by Gasteiger charge is 2.18. The van der Waals surface area contributed by atoms with Crippen molar-refractivity contribution in [3.05, 3.63) is 33.8 Å². The zero-order valence-corrected chi connectivity index (χ0v) is 16.3. The summed E-state index contributed by atoms with van der Waals surface area (Å²) in [5.74, 6) is -0.608. The molecule has 0 aromatic carbocycles. The van der Waals surface area contributed by atoms with E-state index in [1.165, 1.54) is 41.9 Å². The molecule has 12 heteroatoms. The first-order chi connectivity index (χ1) is 12.9. The van der Waals surface area contributed by atoms with Crippen LogP contribution >= 0.6 is 15.9 Å². The van der Waals surface area contributed by atoms with Crippen LogP contribution in [0.2, 0.25) is 0 Å². The topological polar surface area (TPSA) is 127 Å². The van der Waals surface area contributed by atoms with Crippen molar-refractivity contribution in [2.75, 3.05) is 19.8 Å². The minimum atomic E-state index is -0.777. The summed E-state index contributed by atoms with van der Waals surface area (Å²) in [6, 6.07) is 0. The van der Waals surface area contributed by atoms with Crippen molar-refractivity contribution < 1.29 is 23.8 Å². The lowest BCUT2D eigenvalue weighted by molar-refractivity contribution is -0.146. The summed E-state index contributed by atoms with van der Waals surface area (Å²) in [5, 5.41) is 3.94. The number of esters is 2. The van der Waals surface area contributed by atoms with E-state index in [-0.39, 0.29) is 32.1 Å². The molecular formula is C15H18BrN5O6. The van der Waals surface area contributed by atoms with E-state index in [1.807, 2.05) is 0 Å². The molecule has 0 N–H and O–H groups in total. The van der Waals surface area contributed by atoms with Gasteiger partial charge < -0.3 is 14.2 Å². The number of ether oxygens (including phenoxy) is 3. The van der Waals surface area contributed by atoms with Crippen LogP contribution < -0.4 is 5.69 Å². The van der Waals surface area contributed by atoms with Gasteiger partial charge in [-0.2, -0.15) is 10.1 Å². The number of hydrogen-bond acceptors (Lipinski definition) is 9. The first kappa shape index (κ1) is 20.7. The smallest absolute Gasteiger partial charge is 0.351 e. The summed E-state index contributed by atoms with van der Waals surface area (Å²) in [6.45, 7) is 2.70. The molecule has 0 saturated heterocycles. The summed E-state index contributed by atoms with van der Waals surface area (Å²) in [7, 11) is 0. The number of nitrogens with zero attached hydrogens (tertiary/aromatic N) is 5. The maximum Gasteiger partial charge on any atom is 0.351 e. The summed E-state index contributed by atoms with van der Waals surface area (Å²) in [4.78, 5) is 42.1. The Hall–Kier alpha value is -2.60. The number of aromatic nitrogens is 5. The third kappa shape index (κ3) is 6.25. The van der Waals surface area contributed by atoms with Crippen LogP contribution in [-0.2, 0) is 23.8 Å². The molecule has 2 aromatic heterocycles. The second kappa shape index (κ2) is 9.92. The maximum atomic E-state index is 12.5. The third-order valence-corrected chi connectivity index (χ3v) is 3.76. The summed E-state index contributed by atoms with van der Waals surface area (Å²) in [6.07, 6.45) is 3.65. The molecule has 0 radical (unpaired) electrons. The summed E-state index contributed by atoms with van der Waals surface area (Å²) >= 11 is 3.34. The Balaban J connectivity index is 2.19. The number of carbonyl (C=O) groups is 2. The molecule has 0 spiro atoms. The second-order valence-electron chi connectivity index (χ2n) is 5.24. The minimum Gasteiger partial charge on any atom is -0.466 e. The van der Waals surface area contributed by atoms with Crippen molar-refractivity contribution in [3.63, 3.8) is 0 Å². The summed E-state index contributed by atoms with van der Waals surface area (Å²) < 4.78 is 18.4. The lowest BCUT2D eigenvalue weighted by atomic mass is 10.4. The second-order valence-corrected chi connectivity index (χ2v) is 6.09. The van der Waals surface area contributed by atoms with Gasteiger partial charge in [0.1, 0.15) is 25.5 Å². The average molecular weight is 444 g/mol.